The van der Waals surface area contributed by atoms with E-state index in [1.807, 2.05) is 27.7 Å². The van der Waals surface area contributed by atoms with E-state index < -0.39 is 10.0 Å². The van der Waals surface area contributed by atoms with Crippen molar-refractivity contribution in [3.05, 3.63) is 0 Å². The quantitative estimate of drug-likeness (QED) is 0.435. The van der Waals surface area contributed by atoms with Crippen molar-refractivity contribution in [2.24, 2.45) is 11.7 Å². The number of hydrogen-bond donors (Lipinski definition) is 3. The average molecular weight is 406 g/mol. The Balaban J connectivity index is 4.34. The van der Waals surface area contributed by atoms with Crippen LogP contribution >= 0.6 is 10.0 Å². The standard InChI is InChI=1S/C21H47N3O2S/c1-16(14-19(3,4)22)18(25)24-17(2)23-15-20(5,6)26-13-12-21(7,8)27(9,10)11/h16-17,23H,12-15,22H2,1-11H3,(H,24,25). The van der Waals surface area contributed by atoms with Gasteiger partial charge < -0.3 is 15.8 Å². The van der Waals surface area contributed by atoms with Gasteiger partial charge in [-0.15, -0.1) is 0 Å². The Bertz CT molecular complexity index is 465. The van der Waals surface area contributed by atoms with Gasteiger partial charge in [0.05, 0.1) is 11.8 Å². The summed E-state index contributed by atoms with van der Waals surface area (Å²) in [6.07, 6.45) is 8.67. The molecule has 0 aliphatic rings. The molecule has 6 heteroatoms. The summed E-state index contributed by atoms with van der Waals surface area (Å²) in [7, 11) is -0.633. The molecule has 0 rings (SSSR count). The summed E-state index contributed by atoms with van der Waals surface area (Å²) in [5.41, 5.74) is 5.39. The normalized spacial score (nSPS) is 16.7. The molecule has 164 valence electrons. The lowest BCUT2D eigenvalue weighted by atomic mass is 9.92. The number of nitrogens with two attached hydrogens (primary N) is 1. The second-order valence-electron chi connectivity index (χ2n) is 10.7. The first-order valence-electron chi connectivity index (χ1n) is 10.0. The van der Waals surface area contributed by atoms with Gasteiger partial charge in [0.15, 0.2) is 0 Å². The van der Waals surface area contributed by atoms with Crippen LogP contribution in [0, 0.1) is 5.92 Å². The molecule has 0 heterocycles. The van der Waals surface area contributed by atoms with Crippen molar-refractivity contribution in [1.82, 2.24) is 10.6 Å². The van der Waals surface area contributed by atoms with Crippen molar-refractivity contribution >= 4 is 15.9 Å². The minimum absolute atomic E-state index is 0.0298. The van der Waals surface area contributed by atoms with Crippen molar-refractivity contribution in [3.63, 3.8) is 0 Å². The van der Waals surface area contributed by atoms with Crippen molar-refractivity contribution in [2.45, 2.75) is 90.3 Å². The molecule has 0 aliphatic heterocycles. The van der Waals surface area contributed by atoms with Crippen molar-refractivity contribution in [3.8, 4) is 0 Å². The van der Waals surface area contributed by atoms with Gasteiger partial charge in [-0.3, -0.25) is 10.1 Å². The number of carbonyl (C=O) groups excluding carboxylic acids is 1. The zero-order valence-electron chi connectivity index (χ0n) is 19.8. The first kappa shape index (κ1) is 26.7. The first-order chi connectivity index (χ1) is 11.9. The topological polar surface area (TPSA) is 76.4 Å². The van der Waals surface area contributed by atoms with Gasteiger partial charge in [-0.25, -0.2) is 10.0 Å². The predicted molar refractivity (Wildman–Crippen MR) is 122 cm³/mol. The maximum Gasteiger partial charge on any atom is 0.224 e. The molecular formula is C21H47N3O2S. The molecule has 2 unspecified atom stereocenters. The van der Waals surface area contributed by atoms with Crippen molar-refractivity contribution in [1.29, 1.82) is 0 Å². The summed E-state index contributed by atoms with van der Waals surface area (Å²) in [6, 6.07) is 0. The Morgan fingerprint density at radius 3 is 2.04 bits per heavy atom. The van der Waals surface area contributed by atoms with Crippen LogP contribution in [0.4, 0.5) is 0 Å². The lowest BCUT2D eigenvalue weighted by molar-refractivity contribution is -0.126. The highest BCUT2D eigenvalue weighted by molar-refractivity contribution is 8.33. The Hall–Kier alpha value is -0.300. The van der Waals surface area contributed by atoms with Crippen LogP contribution < -0.4 is 16.4 Å². The maximum absolute atomic E-state index is 12.3. The summed E-state index contributed by atoms with van der Waals surface area (Å²) < 4.78 is 6.45. The molecule has 0 saturated heterocycles. The Morgan fingerprint density at radius 1 is 1.07 bits per heavy atom. The van der Waals surface area contributed by atoms with Crippen LogP contribution in [-0.4, -0.2) is 59.9 Å². The largest absolute Gasteiger partial charge is 0.374 e. The summed E-state index contributed by atoms with van der Waals surface area (Å²) in [5.74, 6) is -0.0807. The predicted octanol–water partition coefficient (Wildman–Crippen LogP) is 3.46. The third-order valence-electron chi connectivity index (χ3n) is 5.33. The van der Waals surface area contributed by atoms with E-state index >= 15 is 0 Å². The van der Waals surface area contributed by atoms with Gasteiger partial charge in [-0.05, 0) is 71.0 Å². The van der Waals surface area contributed by atoms with E-state index in [0.29, 0.717) is 17.7 Å². The van der Waals surface area contributed by atoms with E-state index in [-0.39, 0.29) is 29.1 Å². The van der Waals surface area contributed by atoms with Crippen LogP contribution in [0.15, 0.2) is 0 Å². The summed E-state index contributed by atoms with van der Waals surface area (Å²) in [6.45, 7) is 18.0. The average Bonchev–Trinajstić information content (AvgIpc) is 2.41. The highest BCUT2D eigenvalue weighted by Gasteiger charge is 2.29. The lowest BCUT2D eigenvalue weighted by Gasteiger charge is -2.44. The summed E-state index contributed by atoms with van der Waals surface area (Å²) in [4.78, 5) is 12.3. The van der Waals surface area contributed by atoms with E-state index in [9.17, 15) is 4.79 Å². The van der Waals surface area contributed by atoms with Gasteiger partial charge in [-0.1, -0.05) is 20.8 Å². The maximum atomic E-state index is 12.3. The second-order valence-corrected chi connectivity index (χ2v) is 15.4. The fourth-order valence-corrected chi connectivity index (χ4v) is 3.31. The number of amides is 1. The van der Waals surface area contributed by atoms with Crippen LogP contribution in [0.3, 0.4) is 0 Å². The molecule has 0 aromatic heterocycles. The third-order valence-corrected chi connectivity index (χ3v) is 8.85. The van der Waals surface area contributed by atoms with Crippen molar-refractivity contribution < 1.29 is 9.53 Å². The van der Waals surface area contributed by atoms with E-state index in [1.54, 1.807) is 0 Å². The van der Waals surface area contributed by atoms with Gasteiger partial charge in [0, 0.05) is 24.6 Å². The van der Waals surface area contributed by atoms with Crippen LogP contribution in [0.5, 0.6) is 0 Å². The van der Waals surface area contributed by atoms with Crippen LogP contribution in [-0.2, 0) is 9.53 Å². The molecule has 0 aromatic rings. The zero-order valence-corrected chi connectivity index (χ0v) is 20.6. The van der Waals surface area contributed by atoms with Crippen LogP contribution in [0.25, 0.3) is 0 Å². The zero-order chi connectivity index (χ0) is 21.7. The fraction of sp³-hybridized carbons (Fsp3) is 0.952. The second kappa shape index (κ2) is 9.95. The van der Waals surface area contributed by atoms with E-state index in [0.717, 1.165) is 13.0 Å². The van der Waals surface area contributed by atoms with Gasteiger partial charge in [-0.2, -0.15) is 0 Å². The molecule has 1 amide bonds. The molecule has 5 nitrogen and oxygen atoms in total. The van der Waals surface area contributed by atoms with E-state index in [1.165, 1.54) is 0 Å². The number of ether oxygens (including phenoxy) is 1. The summed E-state index contributed by atoms with van der Waals surface area (Å²) in [5, 5.41) is 6.38. The van der Waals surface area contributed by atoms with Crippen LogP contribution in [0.1, 0.15) is 68.2 Å². The molecule has 2 atom stereocenters. The van der Waals surface area contributed by atoms with E-state index in [4.69, 9.17) is 10.5 Å². The molecular weight excluding hydrogens is 358 g/mol. The number of nitrogens with one attached hydrogen (secondary N) is 2. The molecule has 0 saturated carbocycles. The van der Waals surface area contributed by atoms with E-state index in [2.05, 4.69) is 57.1 Å². The number of carbonyl (C=O) groups is 1. The first-order valence-corrected chi connectivity index (χ1v) is 12.9. The number of hydrogen-bond acceptors (Lipinski definition) is 4. The molecule has 4 N–H and O–H groups in total. The van der Waals surface area contributed by atoms with Gasteiger partial charge in [0.2, 0.25) is 5.91 Å². The molecule has 0 spiro atoms. The SMILES string of the molecule is CC(NCC(C)(C)OCCC(C)(C)S(C)(C)C)NC(=O)C(C)CC(C)(C)N. The molecule has 0 fully saturated rings. The summed E-state index contributed by atoms with van der Waals surface area (Å²) >= 11 is 0. The fourth-order valence-electron chi connectivity index (χ4n) is 2.62. The molecule has 0 radical (unpaired) electrons. The third kappa shape index (κ3) is 11.3. The molecule has 0 aromatic carbocycles. The minimum atomic E-state index is -0.633. The highest BCUT2D eigenvalue weighted by Crippen LogP contribution is 2.51. The molecule has 0 aliphatic carbocycles. The minimum Gasteiger partial charge on any atom is -0.374 e. The van der Waals surface area contributed by atoms with Gasteiger partial charge >= 0.3 is 0 Å². The highest BCUT2D eigenvalue weighted by atomic mass is 32.3. The molecule has 0 bridgehead atoms. The van der Waals surface area contributed by atoms with Crippen molar-refractivity contribution in [2.75, 3.05) is 31.9 Å². The lowest BCUT2D eigenvalue weighted by Crippen LogP contribution is -2.51. The van der Waals surface area contributed by atoms with Crippen LogP contribution in [0.2, 0.25) is 0 Å². The molecule has 27 heavy (non-hydrogen) atoms. The van der Waals surface area contributed by atoms with Gasteiger partial charge in [0.1, 0.15) is 0 Å². The number of rotatable bonds is 12. The smallest absolute Gasteiger partial charge is 0.224 e. The van der Waals surface area contributed by atoms with Gasteiger partial charge in [0.25, 0.3) is 0 Å². The Kier molecular flexibility index (Phi) is 9.84. The Morgan fingerprint density at radius 2 is 1.59 bits per heavy atom. The monoisotopic (exact) mass is 405 g/mol. The Labute approximate surface area is 170 Å².